The molecule has 432 valence electrons. The number of hydrogen-bond donors (Lipinski definition) is 6. The maximum absolute atomic E-state index is 13.6. The molecule has 0 spiro atoms. The minimum atomic E-state index is -2.06. The van der Waals surface area contributed by atoms with Crippen molar-refractivity contribution in [2.75, 3.05) is 21.3 Å². The molecule has 3 saturated carbocycles. The van der Waals surface area contributed by atoms with E-state index in [1.165, 1.54) is 27.2 Å². The fourth-order valence-corrected chi connectivity index (χ4v) is 14.8. The Labute approximate surface area is 451 Å². The number of carbonyl (C=O) groups is 2. The van der Waals surface area contributed by atoms with Crippen molar-refractivity contribution in [1.29, 1.82) is 0 Å². The first-order valence-electron chi connectivity index (χ1n) is 27.6. The van der Waals surface area contributed by atoms with E-state index in [4.69, 9.17) is 56.8 Å². The molecular weight excluding hydrogens is 1000 g/mol. The quantitative estimate of drug-likeness (QED) is 0.0833. The third-order valence-corrected chi connectivity index (χ3v) is 19.4. The van der Waals surface area contributed by atoms with Gasteiger partial charge in [-0.05, 0) is 104 Å². The number of ether oxygens (including phenoxy) is 12. The first kappa shape index (κ1) is 58.8. The van der Waals surface area contributed by atoms with Gasteiger partial charge in [0.25, 0.3) is 0 Å². The summed E-state index contributed by atoms with van der Waals surface area (Å²) < 4.78 is 74.0. The van der Waals surface area contributed by atoms with Crippen LogP contribution in [-0.4, -0.2) is 197 Å². The van der Waals surface area contributed by atoms with Crippen LogP contribution in [-0.2, 0) is 66.4 Å². The van der Waals surface area contributed by atoms with Gasteiger partial charge in [-0.15, -0.1) is 0 Å². The standard InChI is InChI=1S/C57H84O20/c1-29-46(61)38(66-8)26-44(69-29)76-50-32(4)72-52(47(62)51(50)68-10)77-49-31(3)71-45(27-39(49)67-9)75-48-30(2)70-43(25-37(48)59)73-36-19-20-53(6)35(24-36)18-21-56(64)40(53)28-41(74-42(60)17-16-34-14-12-11-13-15-34)54(7)55(63,33(5)58)22-23-57(54,56)65/h11-18,29-32,36-41,43-52,59,61-65H,19-28H2,1-10H3. The van der Waals surface area contributed by atoms with Gasteiger partial charge in [0.15, 0.2) is 30.9 Å². The summed E-state index contributed by atoms with van der Waals surface area (Å²) in [5.74, 6) is -1.87. The van der Waals surface area contributed by atoms with Gasteiger partial charge in [0.05, 0.1) is 54.2 Å². The summed E-state index contributed by atoms with van der Waals surface area (Å²) in [5.41, 5.74) is -6.43. The SMILES string of the molecule is COC1CC(OC2C(C)OC(OC3C(C)OC(OC4C(O)CC(OC5CCC6(C)C(=CCC7(O)C6CC(OC(=O)C=Cc6ccccc6)C6(C)C(O)(C(C)=O)CCC76O)C5)OC4C)CC3OC)C(O)C2OC)OC(C)C1O. The van der Waals surface area contributed by atoms with Crippen molar-refractivity contribution in [3.63, 3.8) is 0 Å². The topological polar surface area (TPSA) is 266 Å². The Balaban J connectivity index is 0.804. The average molecular weight is 1090 g/mol. The zero-order chi connectivity index (χ0) is 55.6. The van der Waals surface area contributed by atoms with Gasteiger partial charge in [-0.3, -0.25) is 4.79 Å². The maximum atomic E-state index is 13.6. The van der Waals surface area contributed by atoms with Crippen LogP contribution in [0.25, 0.3) is 6.08 Å². The van der Waals surface area contributed by atoms with Crippen LogP contribution in [0.3, 0.4) is 0 Å². The Bertz CT molecular complexity index is 2270. The summed E-state index contributed by atoms with van der Waals surface area (Å²) in [5, 5.41) is 71.7. The number of rotatable bonds is 15. The molecule has 6 N–H and O–H groups in total. The third-order valence-electron chi connectivity index (χ3n) is 19.4. The van der Waals surface area contributed by atoms with E-state index in [1.807, 2.05) is 43.3 Å². The van der Waals surface area contributed by atoms with Crippen molar-refractivity contribution in [1.82, 2.24) is 0 Å². The zero-order valence-corrected chi connectivity index (χ0v) is 46.1. The molecule has 0 amide bonds. The molecule has 7 fully saturated rings. The number of aliphatic hydroxyl groups is 6. The highest BCUT2D eigenvalue weighted by Crippen LogP contribution is 2.71. The minimum Gasteiger partial charge on any atom is -0.458 e. The Hall–Kier alpha value is -2.84. The van der Waals surface area contributed by atoms with E-state index in [2.05, 4.69) is 6.92 Å². The lowest BCUT2D eigenvalue weighted by Crippen LogP contribution is -2.78. The first-order valence-corrected chi connectivity index (χ1v) is 27.6. The molecule has 9 rings (SSSR count). The predicted octanol–water partition coefficient (Wildman–Crippen LogP) is 3.55. The van der Waals surface area contributed by atoms with E-state index in [-0.39, 0.29) is 51.0 Å². The molecule has 20 heteroatoms. The minimum absolute atomic E-state index is 0.0524. The third kappa shape index (κ3) is 10.5. The second-order valence-electron chi connectivity index (χ2n) is 23.5. The van der Waals surface area contributed by atoms with Gasteiger partial charge in [0.1, 0.15) is 59.5 Å². The molecule has 0 aromatic heterocycles. The monoisotopic (exact) mass is 1090 g/mol. The fourth-order valence-electron chi connectivity index (χ4n) is 14.8. The summed E-state index contributed by atoms with van der Waals surface area (Å²) in [6.45, 7) is 12.0. The molecule has 20 nitrogen and oxygen atoms in total. The second kappa shape index (κ2) is 22.8. The van der Waals surface area contributed by atoms with E-state index >= 15 is 0 Å². The van der Waals surface area contributed by atoms with Crippen LogP contribution in [0.2, 0.25) is 0 Å². The van der Waals surface area contributed by atoms with Gasteiger partial charge in [-0.2, -0.15) is 0 Å². The van der Waals surface area contributed by atoms with Crippen molar-refractivity contribution in [2.45, 2.75) is 246 Å². The number of methoxy groups -OCH3 is 3. The summed E-state index contributed by atoms with van der Waals surface area (Å²) in [4.78, 5) is 26.9. The van der Waals surface area contributed by atoms with Gasteiger partial charge >= 0.3 is 5.97 Å². The lowest BCUT2D eigenvalue weighted by atomic mass is 9.42. The second-order valence-corrected chi connectivity index (χ2v) is 23.5. The van der Waals surface area contributed by atoms with Crippen LogP contribution < -0.4 is 0 Å². The van der Waals surface area contributed by atoms with E-state index in [9.17, 15) is 40.2 Å². The summed E-state index contributed by atoms with van der Waals surface area (Å²) in [7, 11) is 4.54. The van der Waals surface area contributed by atoms with Gasteiger partial charge in [-0.25, -0.2) is 4.79 Å². The smallest absolute Gasteiger partial charge is 0.331 e. The number of hydrogen-bond acceptors (Lipinski definition) is 20. The van der Waals surface area contributed by atoms with Crippen LogP contribution in [0.15, 0.2) is 48.1 Å². The molecule has 8 aliphatic rings. The molecule has 0 bridgehead atoms. The van der Waals surface area contributed by atoms with Crippen LogP contribution in [0.4, 0.5) is 0 Å². The number of ketones is 1. The van der Waals surface area contributed by atoms with E-state index in [0.29, 0.717) is 19.3 Å². The van der Waals surface area contributed by atoms with Gasteiger partial charge < -0.3 is 87.5 Å². The van der Waals surface area contributed by atoms with Crippen LogP contribution in [0, 0.1) is 16.7 Å². The molecular formula is C57H84O20. The van der Waals surface area contributed by atoms with Crippen molar-refractivity contribution < 1.29 is 97.1 Å². The number of aliphatic hydroxyl groups excluding tert-OH is 3. The van der Waals surface area contributed by atoms with Crippen LogP contribution >= 0.6 is 0 Å². The normalized spacial score (nSPS) is 49.1. The molecule has 0 radical (unpaired) electrons. The van der Waals surface area contributed by atoms with Crippen molar-refractivity contribution in [2.24, 2.45) is 16.7 Å². The molecule has 25 unspecified atom stereocenters. The van der Waals surface area contributed by atoms with E-state index in [0.717, 1.165) is 11.1 Å². The number of benzene rings is 1. The van der Waals surface area contributed by atoms with E-state index < -0.39 is 156 Å². The maximum Gasteiger partial charge on any atom is 0.331 e. The number of carbonyl (C=O) groups excluding carboxylic acids is 2. The molecule has 1 aromatic carbocycles. The molecule has 4 aliphatic carbocycles. The molecule has 4 heterocycles. The van der Waals surface area contributed by atoms with E-state index in [1.54, 1.807) is 40.9 Å². The first-order chi connectivity index (χ1) is 36.4. The van der Waals surface area contributed by atoms with Gasteiger partial charge in [0.2, 0.25) is 0 Å². The molecule has 25 atom stereocenters. The van der Waals surface area contributed by atoms with Gasteiger partial charge in [0, 0.05) is 52.6 Å². The number of fused-ring (bicyclic) bond motifs is 5. The zero-order valence-electron chi connectivity index (χ0n) is 46.1. The summed E-state index contributed by atoms with van der Waals surface area (Å²) >= 11 is 0. The number of esters is 1. The predicted molar refractivity (Wildman–Crippen MR) is 272 cm³/mol. The van der Waals surface area contributed by atoms with Crippen LogP contribution in [0.1, 0.15) is 118 Å². The number of Topliss-reactive ketones (excluding diaryl/α,β-unsaturated/α-hetero) is 1. The molecule has 4 saturated heterocycles. The highest BCUT2D eigenvalue weighted by molar-refractivity contribution is 5.88. The Morgan fingerprint density at radius 3 is 1.95 bits per heavy atom. The Morgan fingerprint density at radius 1 is 0.675 bits per heavy atom. The van der Waals surface area contributed by atoms with Crippen molar-refractivity contribution in [3.8, 4) is 0 Å². The fraction of sp³-hybridized carbons (Fsp3) is 0.789. The van der Waals surface area contributed by atoms with Crippen molar-refractivity contribution >= 4 is 17.8 Å². The Kier molecular flexibility index (Phi) is 17.4. The van der Waals surface area contributed by atoms with Gasteiger partial charge in [-0.1, -0.05) is 48.9 Å². The average Bonchev–Trinajstić information content (AvgIpc) is 3.95. The molecule has 4 aliphatic heterocycles. The molecule has 77 heavy (non-hydrogen) atoms. The summed E-state index contributed by atoms with van der Waals surface area (Å²) in [6.07, 6.45) is -7.50. The largest absolute Gasteiger partial charge is 0.458 e. The lowest BCUT2D eigenvalue weighted by Gasteiger charge is -2.67. The lowest BCUT2D eigenvalue weighted by molar-refractivity contribution is -0.364. The van der Waals surface area contributed by atoms with Crippen molar-refractivity contribution in [3.05, 3.63) is 53.6 Å². The highest BCUT2D eigenvalue weighted by Gasteiger charge is 2.81. The highest BCUT2D eigenvalue weighted by atomic mass is 16.8. The molecule has 1 aromatic rings. The van der Waals surface area contributed by atoms with Crippen LogP contribution in [0.5, 0.6) is 0 Å². The summed E-state index contributed by atoms with van der Waals surface area (Å²) in [6, 6.07) is 9.24. The Morgan fingerprint density at radius 2 is 1.30 bits per heavy atom.